The number of methoxy groups -OCH3 is 2. The molecule has 10 heteroatoms. The first-order chi connectivity index (χ1) is 17.8. The Kier molecular flexibility index (Phi) is 7.76. The van der Waals surface area contributed by atoms with Crippen LogP contribution in [0.4, 0.5) is 0 Å². The van der Waals surface area contributed by atoms with E-state index in [1.165, 1.54) is 19.1 Å². The summed E-state index contributed by atoms with van der Waals surface area (Å²) in [6.45, 7) is 2.77. The minimum atomic E-state index is -1.01. The van der Waals surface area contributed by atoms with Crippen LogP contribution in [-0.4, -0.2) is 64.1 Å². The van der Waals surface area contributed by atoms with E-state index in [0.717, 1.165) is 22.5 Å². The summed E-state index contributed by atoms with van der Waals surface area (Å²) in [6, 6.07) is 12.1. The maximum atomic E-state index is 13.7. The highest BCUT2D eigenvalue weighted by Gasteiger charge is 2.37. The summed E-state index contributed by atoms with van der Waals surface area (Å²) >= 11 is 0. The second-order valence-corrected chi connectivity index (χ2v) is 8.85. The first kappa shape index (κ1) is 25.7. The third-order valence-electron chi connectivity index (χ3n) is 6.55. The number of hydrogen-bond acceptors (Lipinski definition) is 6. The lowest BCUT2D eigenvalue weighted by molar-refractivity contribution is -0.137. The Morgan fingerprint density at radius 2 is 1.86 bits per heavy atom. The van der Waals surface area contributed by atoms with Crippen molar-refractivity contribution in [1.82, 2.24) is 19.8 Å². The molecule has 0 saturated carbocycles. The highest BCUT2D eigenvalue weighted by Crippen LogP contribution is 2.30. The molecule has 2 aromatic carbocycles. The fourth-order valence-corrected chi connectivity index (χ4v) is 4.47. The van der Waals surface area contributed by atoms with Crippen molar-refractivity contribution in [3.05, 3.63) is 76.9 Å². The van der Waals surface area contributed by atoms with Crippen LogP contribution in [0.15, 0.2) is 48.8 Å². The van der Waals surface area contributed by atoms with Gasteiger partial charge in [-0.25, -0.2) is 4.98 Å². The van der Waals surface area contributed by atoms with Crippen LogP contribution >= 0.6 is 0 Å². The first-order valence-corrected chi connectivity index (χ1v) is 11.9. The molecule has 0 radical (unpaired) electrons. The Balaban J connectivity index is 1.66. The molecule has 0 spiro atoms. The standard InChI is InChI=1S/C27H30N4O6/c1-17-6-4-5-7-19(17)14-30-16-29-20-13-21(26(34)28-11-10-25(32)33)31(15-22(20)30)27(35)18-8-9-23(36-2)24(12-18)37-3/h4-9,12,16,21H,10-11,13-15H2,1-3H3,(H,28,34)(H,32,33). The summed E-state index contributed by atoms with van der Waals surface area (Å²) in [6.07, 6.45) is 1.74. The number of hydrogen-bond donors (Lipinski definition) is 2. The summed E-state index contributed by atoms with van der Waals surface area (Å²) in [4.78, 5) is 43.9. The fourth-order valence-electron chi connectivity index (χ4n) is 4.47. The number of rotatable bonds is 9. The molecular formula is C27H30N4O6. The number of imidazole rings is 1. The summed E-state index contributed by atoms with van der Waals surface area (Å²) in [5.41, 5.74) is 4.22. The van der Waals surface area contributed by atoms with E-state index in [1.54, 1.807) is 24.5 Å². The molecule has 1 unspecified atom stereocenters. The Morgan fingerprint density at radius 1 is 1.11 bits per heavy atom. The van der Waals surface area contributed by atoms with Gasteiger partial charge in [0.05, 0.1) is 44.9 Å². The topological polar surface area (TPSA) is 123 Å². The number of aromatic nitrogens is 2. The van der Waals surface area contributed by atoms with Crippen LogP contribution in [0.2, 0.25) is 0 Å². The van der Waals surface area contributed by atoms with Crippen molar-refractivity contribution in [2.75, 3.05) is 20.8 Å². The quantitative estimate of drug-likeness (QED) is 0.457. The highest BCUT2D eigenvalue weighted by atomic mass is 16.5. The lowest BCUT2D eigenvalue weighted by atomic mass is 9.99. The molecule has 1 aliphatic rings. The van der Waals surface area contributed by atoms with Gasteiger partial charge in [-0.2, -0.15) is 0 Å². The molecule has 0 fully saturated rings. The molecule has 2 heterocycles. The van der Waals surface area contributed by atoms with E-state index >= 15 is 0 Å². The van der Waals surface area contributed by atoms with Gasteiger partial charge in [-0.05, 0) is 36.2 Å². The van der Waals surface area contributed by atoms with E-state index in [2.05, 4.69) is 16.4 Å². The van der Waals surface area contributed by atoms with Crippen molar-refractivity contribution < 1.29 is 29.0 Å². The number of aryl methyl sites for hydroxylation is 1. The molecule has 194 valence electrons. The number of carboxylic acids is 1. The lowest BCUT2D eigenvalue weighted by Gasteiger charge is -2.35. The van der Waals surface area contributed by atoms with E-state index in [1.807, 2.05) is 29.7 Å². The smallest absolute Gasteiger partial charge is 0.305 e. The maximum Gasteiger partial charge on any atom is 0.305 e. The SMILES string of the molecule is COc1ccc(C(=O)N2Cc3c(ncn3Cc3ccccc3C)CC2C(=O)NCCC(=O)O)cc1OC. The third kappa shape index (κ3) is 5.58. The van der Waals surface area contributed by atoms with Gasteiger partial charge in [0.15, 0.2) is 11.5 Å². The number of benzene rings is 2. The van der Waals surface area contributed by atoms with Crippen LogP contribution in [0.25, 0.3) is 0 Å². The molecule has 1 aromatic heterocycles. The molecule has 2 N–H and O–H groups in total. The minimum absolute atomic E-state index is 0.0301. The Morgan fingerprint density at radius 3 is 2.57 bits per heavy atom. The van der Waals surface area contributed by atoms with Gasteiger partial charge in [-0.1, -0.05) is 24.3 Å². The third-order valence-corrected chi connectivity index (χ3v) is 6.55. The second-order valence-electron chi connectivity index (χ2n) is 8.85. The number of carboxylic acid groups (broad SMARTS) is 1. The van der Waals surface area contributed by atoms with E-state index in [9.17, 15) is 14.4 Å². The molecule has 4 rings (SSSR count). The monoisotopic (exact) mass is 506 g/mol. The van der Waals surface area contributed by atoms with Gasteiger partial charge in [-0.15, -0.1) is 0 Å². The van der Waals surface area contributed by atoms with Crippen molar-refractivity contribution in [1.29, 1.82) is 0 Å². The normalized spacial score (nSPS) is 14.6. The zero-order valence-corrected chi connectivity index (χ0v) is 21.1. The molecule has 0 aliphatic carbocycles. The van der Waals surface area contributed by atoms with Crippen molar-refractivity contribution in [2.45, 2.75) is 38.9 Å². The van der Waals surface area contributed by atoms with Crippen molar-refractivity contribution >= 4 is 17.8 Å². The zero-order valence-electron chi connectivity index (χ0n) is 21.1. The number of carbonyl (C=O) groups excluding carboxylic acids is 2. The Labute approximate surface area is 214 Å². The average molecular weight is 507 g/mol. The summed E-state index contributed by atoms with van der Waals surface area (Å²) in [5.74, 6) is -0.903. The minimum Gasteiger partial charge on any atom is -0.493 e. The van der Waals surface area contributed by atoms with Gasteiger partial charge >= 0.3 is 5.97 Å². The van der Waals surface area contributed by atoms with E-state index in [-0.39, 0.29) is 31.8 Å². The van der Waals surface area contributed by atoms with Gasteiger partial charge < -0.3 is 29.4 Å². The molecule has 1 atom stereocenters. The van der Waals surface area contributed by atoms with E-state index in [0.29, 0.717) is 23.6 Å². The molecule has 0 saturated heterocycles. The highest BCUT2D eigenvalue weighted by molar-refractivity contribution is 5.98. The van der Waals surface area contributed by atoms with Crippen LogP contribution in [0.1, 0.15) is 39.3 Å². The Hall–Kier alpha value is -4.34. The molecular weight excluding hydrogens is 476 g/mol. The molecule has 2 amide bonds. The largest absolute Gasteiger partial charge is 0.493 e. The number of aliphatic carboxylic acids is 1. The molecule has 3 aromatic rings. The van der Waals surface area contributed by atoms with Crippen LogP contribution in [0.5, 0.6) is 11.5 Å². The second kappa shape index (κ2) is 11.2. The molecule has 10 nitrogen and oxygen atoms in total. The predicted molar refractivity (Wildman–Crippen MR) is 135 cm³/mol. The summed E-state index contributed by atoms with van der Waals surface area (Å²) in [7, 11) is 3.00. The molecule has 37 heavy (non-hydrogen) atoms. The van der Waals surface area contributed by atoms with Gasteiger partial charge in [0, 0.05) is 25.1 Å². The molecule has 1 aliphatic heterocycles. The van der Waals surface area contributed by atoms with Crippen LogP contribution in [-0.2, 0) is 29.1 Å². The number of fused-ring (bicyclic) bond motifs is 1. The van der Waals surface area contributed by atoms with E-state index in [4.69, 9.17) is 14.6 Å². The van der Waals surface area contributed by atoms with Gasteiger partial charge in [0.2, 0.25) is 5.91 Å². The van der Waals surface area contributed by atoms with Gasteiger partial charge in [-0.3, -0.25) is 14.4 Å². The van der Waals surface area contributed by atoms with Crippen molar-refractivity contribution in [3.8, 4) is 11.5 Å². The fraction of sp³-hybridized carbons (Fsp3) is 0.333. The number of amides is 2. The lowest BCUT2D eigenvalue weighted by Crippen LogP contribution is -2.53. The number of ether oxygens (including phenoxy) is 2. The summed E-state index contributed by atoms with van der Waals surface area (Å²) in [5, 5.41) is 11.6. The van der Waals surface area contributed by atoms with Crippen molar-refractivity contribution in [3.63, 3.8) is 0 Å². The molecule has 0 bridgehead atoms. The van der Waals surface area contributed by atoms with Crippen molar-refractivity contribution in [2.24, 2.45) is 0 Å². The van der Waals surface area contributed by atoms with Crippen LogP contribution in [0, 0.1) is 6.92 Å². The van der Waals surface area contributed by atoms with Gasteiger partial charge in [0.25, 0.3) is 5.91 Å². The van der Waals surface area contributed by atoms with E-state index < -0.39 is 17.9 Å². The predicted octanol–water partition coefficient (Wildman–Crippen LogP) is 2.42. The zero-order chi connectivity index (χ0) is 26.5. The first-order valence-electron chi connectivity index (χ1n) is 11.9. The number of nitrogens with zero attached hydrogens (tertiary/aromatic N) is 3. The number of carbonyl (C=O) groups is 3. The van der Waals surface area contributed by atoms with Crippen LogP contribution < -0.4 is 14.8 Å². The Bertz CT molecular complexity index is 1320. The maximum absolute atomic E-state index is 13.7. The average Bonchev–Trinajstić information content (AvgIpc) is 3.29. The summed E-state index contributed by atoms with van der Waals surface area (Å²) < 4.78 is 12.6. The number of nitrogens with one attached hydrogen (secondary N) is 1. The van der Waals surface area contributed by atoms with Gasteiger partial charge in [0.1, 0.15) is 6.04 Å². The van der Waals surface area contributed by atoms with Crippen LogP contribution in [0.3, 0.4) is 0 Å².